The van der Waals surface area contributed by atoms with Crippen LogP contribution in [-0.2, 0) is 6.54 Å². The first kappa shape index (κ1) is 17.0. The molecule has 0 bridgehead atoms. The van der Waals surface area contributed by atoms with Crippen LogP contribution in [0.3, 0.4) is 0 Å². The maximum Gasteiger partial charge on any atom is 0.120 e. The number of nitrogens with one attached hydrogen (secondary N) is 1. The molecule has 0 unspecified atom stereocenters. The molecule has 1 aromatic heterocycles. The van der Waals surface area contributed by atoms with Crippen molar-refractivity contribution in [2.75, 3.05) is 6.54 Å². The summed E-state index contributed by atoms with van der Waals surface area (Å²) in [5, 5.41) is 5.96. The molecule has 0 amide bonds. The lowest BCUT2D eigenvalue weighted by Crippen LogP contribution is -2.30. The van der Waals surface area contributed by atoms with Gasteiger partial charge in [-0.05, 0) is 73.4 Å². The van der Waals surface area contributed by atoms with Crippen molar-refractivity contribution >= 4 is 10.8 Å². The molecule has 0 saturated heterocycles. The van der Waals surface area contributed by atoms with Crippen LogP contribution in [0.15, 0.2) is 67.0 Å². The van der Waals surface area contributed by atoms with Gasteiger partial charge in [0.2, 0.25) is 0 Å². The number of rotatable bonds is 6. The van der Waals surface area contributed by atoms with Crippen LogP contribution in [0.4, 0.5) is 0 Å². The first-order chi connectivity index (χ1) is 12.9. The molecule has 1 heterocycles. The van der Waals surface area contributed by atoms with Gasteiger partial charge in [-0.15, -0.1) is 0 Å². The Balaban J connectivity index is 1.23. The molecule has 2 aromatic carbocycles. The zero-order valence-corrected chi connectivity index (χ0v) is 15.1. The van der Waals surface area contributed by atoms with E-state index in [1.54, 1.807) is 0 Å². The number of hydrogen-bond acceptors (Lipinski definition) is 3. The summed E-state index contributed by atoms with van der Waals surface area (Å²) in [7, 11) is 0. The highest BCUT2D eigenvalue weighted by Crippen LogP contribution is 2.28. The lowest BCUT2D eigenvalue weighted by Gasteiger charge is -2.29. The molecule has 3 nitrogen and oxygen atoms in total. The van der Waals surface area contributed by atoms with Crippen molar-refractivity contribution in [3.63, 3.8) is 0 Å². The van der Waals surface area contributed by atoms with E-state index < -0.39 is 0 Å². The van der Waals surface area contributed by atoms with E-state index in [0.29, 0.717) is 6.10 Å². The van der Waals surface area contributed by atoms with Crippen molar-refractivity contribution in [1.29, 1.82) is 0 Å². The highest BCUT2D eigenvalue weighted by Gasteiger charge is 2.22. The molecular weight excluding hydrogens is 320 g/mol. The molecule has 0 spiro atoms. The van der Waals surface area contributed by atoms with E-state index in [2.05, 4.69) is 58.8 Å². The minimum atomic E-state index is 0.347. The normalized spacial score (nSPS) is 20.2. The Bertz CT molecular complexity index is 826. The van der Waals surface area contributed by atoms with Gasteiger partial charge in [-0.3, -0.25) is 4.98 Å². The number of nitrogens with zero attached hydrogens (tertiary/aromatic N) is 1. The highest BCUT2D eigenvalue weighted by atomic mass is 16.5. The molecular formula is C23H26N2O. The van der Waals surface area contributed by atoms with Crippen LogP contribution < -0.4 is 10.1 Å². The Kier molecular flexibility index (Phi) is 5.46. The zero-order chi connectivity index (χ0) is 17.6. The zero-order valence-electron chi connectivity index (χ0n) is 15.1. The summed E-state index contributed by atoms with van der Waals surface area (Å²) in [6.45, 7) is 2.06. The number of benzene rings is 2. The van der Waals surface area contributed by atoms with E-state index in [4.69, 9.17) is 4.74 Å². The monoisotopic (exact) mass is 346 g/mol. The fourth-order valence-corrected chi connectivity index (χ4v) is 3.80. The van der Waals surface area contributed by atoms with Gasteiger partial charge >= 0.3 is 0 Å². The third kappa shape index (κ3) is 4.41. The van der Waals surface area contributed by atoms with Crippen molar-refractivity contribution < 1.29 is 4.74 Å². The number of hydrogen-bond donors (Lipinski definition) is 1. The minimum absolute atomic E-state index is 0.347. The van der Waals surface area contributed by atoms with E-state index in [0.717, 1.165) is 43.0 Å². The van der Waals surface area contributed by atoms with Crippen LogP contribution in [0.25, 0.3) is 10.8 Å². The molecule has 3 heteroatoms. The second-order valence-corrected chi connectivity index (χ2v) is 7.26. The van der Waals surface area contributed by atoms with Gasteiger partial charge in [0.15, 0.2) is 0 Å². The van der Waals surface area contributed by atoms with E-state index >= 15 is 0 Å². The maximum atomic E-state index is 6.24. The Morgan fingerprint density at radius 1 is 0.923 bits per heavy atom. The van der Waals surface area contributed by atoms with Crippen LogP contribution in [0.1, 0.15) is 31.2 Å². The van der Waals surface area contributed by atoms with E-state index in [1.165, 1.54) is 23.8 Å². The summed E-state index contributed by atoms with van der Waals surface area (Å²) in [4.78, 5) is 4.16. The number of aromatic nitrogens is 1. The summed E-state index contributed by atoms with van der Waals surface area (Å²) in [5.74, 6) is 1.75. The summed E-state index contributed by atoms with van der Waals surface area (Å²) in [6.07, 6.45) is 8.85. The Labute approximate surface area is 155 Å². The molecule has 134 valence electrons. The van der Waals surface area contributed by atoms with Gasteiger partial charge in [-0.25, -0.2) is 0 Å². The average Bonchev–Trinajstić information content (AvgIpc) is 2.70. The van der Waals surface area contributed by atoms with Crippen molar-refractivity contribution in [3.8, 4) is 5.75 Å². The number of fused-ring (bicyclic) bond motifs is 1. The Hall–Kier alpha value is -2.39. The third-order valence-corrected chi connectivity index (χ3v) is 5.31. The lowest BCUT2D eigenvalue weighted by molar-refractivity contribution is 0.130. The van der Waals surface area contributed by atoms with E-state index in [9.17, 15) is 0 Å². The lowest BCUT2D eigenvalue weighted by atomic mass is 9.87. The molecule has 1 aliphatic carbocycles. The highest BCUT2D eigenvalue weighted by molar-refractivity contribution is 5.82. The quantitative estimate of drug-likeness (QED) is 0.685. The molecule has 26 heavy (non-hydrogen) atoms. The topological polar surface area (TPSA) is 34.1 Å². The van der Waals surface area contributed by atoms with Gasteiger partial charge < -0.3 is 10.1 Å². The third-order valence-electron chi connectivity index (χ3n) is 5.31. The van der Waals surface area contributed by atoms with Crippen molar-refractivity contribution in [1.82, 2.24) is 10.3 Å². The van der Waals surface area contributed by atoms with Crippen LogP contribution in [0.2, 0.25) is 0 Å². The molecule has 0 radical (unpaired) electrons. The second-order valence-electron chi connectivity index (χ2n) is 7.26. The van der Waals surface area contributed by atoms with E-state index in [1.807, 2.05) is 18.5 Å². The van der Waals surface area contributed by atoms with Gasteiger partial charge in [0.05, 0.1) is 6.10 Å². The summed E-state index contributed by atoms with van der Waals surface area (Å²) in [6, 6.07) is 19.0. The predicted octanol–water partition coefficient (Wildman–Crippen LogP) is 4.96. The van der Waals surface area contributed by atoms with Crippen LogP contribution >= 0.6 is 0 Å². The fraction of sp³-hybridized carbons (Fsp3) is 0.348. The van der Waals surface area contributed by atoms with Crippen LogP contribution in [-0.4, -0.2) is 17.6 Å². The molecule has 0 aliphatic heterocycles. The van der Waals surface area contributed by atoms with Gasteiger partial charge in [-0.1, -0.05) is 30.3 Å². The van der Waals surface area contributed by atoms with Gasteiger partial charge in [0.1, 0.15) is 5.75 Å². The average molecular weight is 346 g/mol. The first-order valence-corrected chi connectivity index (χ1v) is 9.62. The molecule has 0 atom stereocenters. The smallest absolute Gasteiger partial charge is 0.120 e. The van der Waals surface area contributed by atoms with Gasteiger partial charge in [0.25, 0.3) is 0 Å². The Morgan fingerprint density at radius 3 is 2.62 bits per heavy atom. The predicted molar refractivity (Wildman–Crippen MR) is 106 cm³/mol. The van der Waals surface area contributed by atoms with Crippen molar-refractivity contribution in [2.24, 2.45) is 5.92 Å². The summed E-state index contributed by atoms with van der Waals surface area (Å²) in [5.41, 5.74) is 1.36. The Morgan fingerprint density at radius 2 is 1.77 bits per heavy atom. The largest absolute Gasteiger partial charge is 0.490 e. The van der Waals surface area contributed by atoms with Crippen LogP contribution in [0, 0.1) is 5.92 Å². The molecule has 1 N–H and O–H groups in total. The van der Waals surface area contributed by atoms with Crippen LogP contribution in [0.5, 0.6) is 5.75 Å². The molecule has 1 saturated carbocycles. The van der Waals surface area contributed by atoms with Gasteiger partial charge in [0, 0.05) is 24.3 Å². The van der Waals surface area contributed by atoms with Crippen molar-refractivity contribution in [3.05, 3.63) is 72.6 Å². The molecule has 3 aromatic rings. The molecule has 4 rings (SSSR count). The fourth-order valence-electron chi connectivity index (χ4n) is 3.80. The van der Waals surface area contributed by atoms with Gasteiger partial charge in [-0.2, -0.15) is 0 Å². The molecule has 1 aliphatic rings. The summed E-state index contributed by atoms with van der Waals surface area (Å²) < 4.78 is 6.24. The van der Waals surface area contributed by atoms with Crippen molar-refractivity contribution in [2.45, 2.75) is 38.3 Å². The minimum Gasteiger partial charge on any atom is -0.490 e. The van der Waals surface area contributed by atoms with E-state index in [-0.39, 0.29) is 0 Å². The number of pyridine rings is 1. The standard InChI is InChI=1S/C23H26N2O/c1-2-4-18(5-3-1)15-25-16-19-6-9-22(10-7-19)26-23-11-8-21-17-24-13-12-20(21)14-23/h1-5,8,11-14,17,19,22,25H,6-7,9-10,15-16H2/t19-,22-. The summed E-state index contributed by atoms with van der Waals surface area (Å²) >= 11 is 0. The molecule has 1 fully saturated rings. The first-order valence-electron chi connectivity index (χ1n) is 9.62. The number of ether oxygens (including phenoxy) is 1. The maximum absolute atomic E-state index is 6.24. The SMILES string of the molecule is c1ccc(CNC[C@H]2CC[C@H](Oc3ccc4cnccc4c3)CC2)cc1. The second kappa shape index (κ2) is 8.33.